The zero-order valence-corrected chi connectivity index (χ0v) is 19.0. The Balaban J connectivity index is 0.00000225. The van der Waals surface area contributed by atoms with Gasteiger partial charge in [0.15, 0.2) is 0 Å². The third-order valence-corrected chi connectivity index (χ3v) is 4.95. The quantitative estimate of drug-likeness (QED) is 0.280. The van der Waals surface area contributed by atoms with Gasteiger partial charge in [-0.25, -0.2) is 0 Å². The molecule has 1 aromatic heterocycles. The van der Waals surface area contributed by atoms with E-state index >= 15 is 0 Å². The molecule has 0 aliphatic carbocycles. The maximum atomic E-state index is 4.60. The van der Waals surface area contributed by atoms with Crippen LogP contribution >= 0.6 is 0 Å². The zero-order chi connectivity index (χ0) is 19.0. The molecule has 0 fully saturated rings. The van der Waals surface area contributed by atoms with Crippen LogP contribution in [0.3, 0.4) is 0 Å². The van der Waals surface area contributed by atoms with E-state index in [1.807, 2.05) is 17.7 Å². The van der Waals surface area contributed by atoms with Gasteiger partial charge in [-0.2, -0.15) is 23.3 Å². The van der Waals surface area contributed by atoms with E-state index in [-0.39, 0.29) is 20.1 Å². The summed E-state index contributed by atoms with van der Waals surface area (Å²) in [5, 5.41) is 4.60. The van der Waals surface area contributed by atoms with E-state index < -0.39 is 0 Å². The van der Waals surface area contributed by atoms with Gasteiger partial charge in [0.1, 0.15) is 0 Å². The molecule has 0 unspecified atom stereocenters. The Morgan fingerprint density at radius 3 is 2.04 bits per heavy atom. The SMILES string of the molecule is Cc1cc(C)n(-c2[c-]ccc(-c3c(C)cc(-c4ccccc4)cc3C)c2)n1.[Ir]. The molecule has 2 nitrogen and oxygen atoms in total. The molecule has 3 aromatic carbocycles. The normalized spacial score (nSPS) is 10.6. The largest absolute Gasteiger partial charge is 0.263 e. The minimum Gasteiger partial charge on any atom is -0.263 e. The van der Waals surface area contributed by atoms with Crippen molar-refractivity contribution in [2.75, 3.05) is 0 Å². The smallest absolute Gasteiger partial charge is 0.0600 e. The second-order valence-corrected chi connectivity index (χ2v) is 7.15. The Morgan fingerprint density at radius 2 is 1.43 bits per heavy atom. The van der Waals surface area contributed by atoms with Crippen molar-refractivity contribution in [1.29, 1.82) is 0 Å². The second kappa shape index (κ2) is 8.26. The third-order valence-electron chi connectivity index (χ3n) is 4.95. The monoisotopic (exact) mass is 544 g/mol. The third kappa shape index (κ3) is 3.87. The molecule has 0 N–H and O–H groups in total. The first-order valence-corrected chi connectivity index (χ1v) is 9.25. The fraction of sp³-hybridized carbons (Fsp3) is 0.160. The molecule has 143 valence electrons. The van der Waals surface area contributed by atoms with E-state index in [0.29, 0.717) is 0 Å². The molecule has 0 aliphatic rings. The van der Waals surface area contributed by atoms with E-state index in [1.54, 1.807) is 0 Å². The summed E-state index contributed by atoms with van der Waals surface area (Å²) in [6.45, 7) is 8.47. The van der Waals surface area contributed by atoms with Crippen molar-refractivity contribution < 1.29 is 20.1 Å². The maximum absolute atomic E-state index is 4.60. The van der Waals surface area contributed by atoms with E-state index in [9.17, 15) is 0 Å². The summed E-state index contributed by atoms with van der Waals surface area (Å²) < 4.78 is 1.96. The van der Waals surface area contributed by atoms with Crippen molar-refractivity contribution in [1.82, 2.24) is 9.78 Å². The molecule has 1 heterocycles. The minimum absolute atomic E-state index is 0. The first kappa shape index (κ1) is 20.3. The van der Waals surface area contributed by atoms with Gasteiger partial charge >= 0.3 is 0 Å². The van der Waals surface area contributed by atoms with Gasteiger partial charge in [-0.1, -0.05) is 42.5 Å². The number of nitrogens with zero attached hydrogens (tertiary/aromatic N) is 2. The van der Waals surface area contributed by atoms with Gasteiger partial charge in [0.2, 0.25) is 0 Å². The van der Waals surface area contributed by atoms with Crippen LogP contribution in [0.25, 0.3) is 27.9 Å². The van der Waals surface area contributed by atoms with Crippen molar-refractivity contribution in [3.63, 3.8) is 0 Å². The summed E-state index contributed by atoms with van der Waals surface area (Å²) in [4.78, 5) is 0. The summed E-state index contributed by atoms with van der Waals surface area (Å²) in [6, 6.07) is 26.8. The van der Waals surface area contributed by atoms with Crippen LogP contribution in [0.2, 0.25) is 0 Å². The summed E-state index contributed by atoms with van der Waals surface area (Å²) in [5.74, 6) is 0. The molecule has 0 spiro atoms. The predicted molar refractivity (Wildman–Crippen MR) is 112 cm³/mol. The summed E-state index contributed by atoms with van der Waals surface area (Å²) in [6.07, 6.45) is 0. The molecule has 0 bridgehead atoms. The Kier molecular flexibility index (Phi) is 5.98. The second-order valence-electron chi connectivity index (χ2n) is 7.15. The molecule has 4 aromatic rings. The van der Waals surface area contributed by atoms with E-state index in [0.717, 1.165) is 17.1 Å². The number of benzene rings is 3. The van der Waals surface area contributed by atoms with Crippen LogP contribution in [0.15, 0.2) is 66.7 Å². The Bertz CT molecular complexity index is 1090. The van der Waals surface area contributed by atoms with Crippen molar-refractivity contribution in [2.24, 2.45) is 0 Å². The van der Waals surface area contributed by atoms with Gasteiger partial charge in [-0.15, -0.1) is 11.6 Å². The van der Waals surface area contributed by atoms with Gasteiger partial charge in [0.05, 0.1) is 5.69 Å². The van der Waals surface area contributed by atoms with Crippen LogP contribution in [-0.4, -0.2) is 9.78 Å². The van der Waals surface area contributed by atoms with Crippen molar-refractivity contribution >= 4 is 0 Å². The number of aryl methyl sites for hydroxylation is 4. The minimum atomic E-state index is 0. The zero-order valence-electron chi connectivity index (χ0n) is 16.6. The summed E-state index contributed by atoms with van der Waals surface area (Å²) >= 11 is 0. The van der Waals surface area contributed by atoms with Crippen LogP contribution in [0.5, 0.6) is 0 Å². The molecule has 0 aliphatic heterocycles. The first-order valence-electron chi connectivity index (χ1n) is 9.25. The molecule has 0 saturated carbocycles. The Labute approximate surface area is 180 Å². The van der Waals surface area contributed by atoms with Crippen LogP contribution < -0.4 is 0 Å². The molecule has 1 radical (unpaired) electrons. The van der Waals surface area contributed by atoms with Crippen LogP contribution in [-0.2, 0) is 20.1 Å². The number of hydrogen-bond acceptors (Lipinski definition) is 1. The topological polar surface area (TPSA) is 17.8 Å². The average Bonchev–Trinajstić information content (AvgIpc) is 3.00. The molecule has 0 saturated heterocycles. The average molecular weight is 544 g/mol. The van der Waals surface area contributed by atoms with Crippen molar-refractivity contribution in [3.8, 4) is 27.9 Å². The van der Waals surface area contributed by atoms with E-state index in [1.165, 1.54) is 33.4 Å². The van der Waals surface area contributed by atoms with Gasteiger partial charge in [0, 0.05) is 25.8 Å². The summed E-state index contributed by atoms with van der Waals surface area (Å²) in [7, 11) is 0. The number of rotatable bonds is 3. The van der Waals surface area contributed by atoms with Crippen LogP contribution in [0.1, 0.15) is 22.5 Å². The van der Waals surface area contributed by atoms with Gasteiger partial charge in [0.25, 0.3) is 0 Å². The van der Waals surface area contributed by atoms with E-state index in [2.05, 4.69) is 92.6 Å². The first-order chi connectivity index (χ1) is 13.0. The summed E-state index contributed by atoms with van der Waals surface area (Å²) in [5.41, 5.74) is 10.7. The van der Waals surface area contributed by atoms with Crippen molar-refractivity contribution in [3.05, 3.63) is 95.3 Å². The fourth-order valence-corrected chi connectivity index (χ4v) is 3.82. The molecule has 28 heavy (non-hydrogen) atoms. The maximum Gasteiger partial charge on any atom is 0.0600 e. The molecule has 0 atom stereocenters. The molecular weight excluding hydrogens is 521 g/mol. The predicted octanol–water partition coefficient (Wildman–Crippen LogP) is 6.24. The standard InChI is InChI=1S/C25H23N2.Ir/c1-17-13-23(21-9-6-5-7-10-21)14-18(2)25(17)22-11-8-12-24(16-22)27-20(4)15-19(3)26-27;/h5-11,13-16H,1-4H3;/q-1;. The molecule has 0 amide bonds. The fourth-order valence-electron chi connectivity index (χ4n) is 3.82. The van der Waals surface area contributed by atoms with Gasteiger partial charge < -0.3 is 0 Å². The van der Waals surface area contributed by atoms with Gasteiger partial charge in [-0.3, -0.25) is 4.68 Å². The number of aromatic nitrogens is 2. The Hall–Kier alpha value is -2.48. The van der Waals surface area contributed by atoms with E-state index in [4.69, 9.17) is 0 Å². The molecular formula is C25H23IrN2-. The van der Waals surface area contributed by atoms with Crippen molar-refractivity contribution in [2.45, 2.75) is 27.7 Å². The van der Waals surface area contributed by atoms with Crippen LogP contribution in [0, 0.1) is 33.8 Å². The van der Waals surface area contributed by atoms with Crippen LogP contribution in [0.4, 0.5) is 0 Å². The number of hydrogen-bond donors (Lipinski definition) is 0. The molecule has 3 heteroatoms. The molecule has 4 rings (SSSR count). The van der Waals surface area contributed by atoms with Gasteiger partial charge in [-0.05, 0) is 67.3 Å². The Morgan fingerprint density at radius 1 is 0.750 bits per heavy atom.